The molecule has 0 spiro atoms. The van der Waals surface area contributed by atoms with Gasteiger partial charge in [-0.3, -0.25) is 0 Å². The third kappa shape index (κ3) is 14.1. The molecule has 9 rings (SSSR count). The van der Waals surface area contributed by atoms with Crippen LogP contribution in [-0.4, -0.2) is 104 Å². The summed E-state index contributed by atoms with van der Waals surface area (Å²) in [4.78, 5) is 55.5. The van der Waals surface area contributed by atoms with Crippen LogP contribution in [-0.2, 0) is 67.2 Å². The van der Waals surface area contributed by atoms with E-state index >= 15 is 0 Å². The molecule has 0 radical (unpaired) electrons. The second-order valence-corrected chi connectivity index (χ2v) is 17.9. The summed E-state index contributed by atoms with van der Waals surface area (Å²) in [6.07, 6.45) is -14.5. The molecule has 2 heterocycles. The van der Waals surface area contributed by atoms with Crippen LogP contribution in [0, 0.1) is 0 Å². The molecular formula is C61H56O15. The van der Waals surface area contributed by atoms with Crippen molar-refractivity contribution in [3.05, 3.63) is 251 Å². The highest BCUT2D eigenvalue weighted by Crippen LogP contribution is 2.36. The molecule has 0 amide bonds. The lowest BCUT2D eigenvalue weighted by Crippen LogP contribution is -2.66. The van der Waals surface area contributed by atoms with Gasteiger partial charge in [-0.15, -0.1) is 0 Å². The summed E-state index contributed by atoms with van der Waals surface area (Å²) in [6, 6.07) is 61.1. The van der Waals surface area contributed by atoms with Gasteiger partial charge in [0.15, 0.2) is 24.8 Å². The smallest absolute Gasteiger partial charge is 0.338 e. The molecule has 10 atom stereocenters. The van der Waals surface area contributed by atoms with Crippen LogP contribution in [0.25, 0.3) is 0 Å². The van der Waals surface area contributed by atoms with Gasteiger partial charge in [-0.05, 0) is 65.2 Å². The van der Waals surface area contributed by atoms with Crippen molar-refractivity contribution in [2.24, 2.45) is 0 Å². The first-order valence-corrected chi connectivity index (χ1v) is 24.8. The summed E-state index contributed by atoms with van der Waals surface area (Å²) >= 11 is 0. The maximum Gasteiger partial charge on any atom is 0.338 e. The van der Waals surface area contributed by atoms with E-state index in [1.54, 1.807) is 97.1 Å². The summed E-state index contributed by atoms with van der Waals surface area (Å²) in [5.41, 5.74) is 3.17. The summed E-state index contributed by atoms with van der Waals surface area (Å²) in [5, 5.41) is 11.9. The SMILES string of the molecule is O=C(OC[C@H]1O[C@H](O[C@H]2[C@H](OC(=O)c3ccccc3)[C@@H](OC(=O)c3ccccc3)[C@@H](O)O[C@@H]2COC(=O)c2ccccc2)[C@@H](OCc2ccccc2)[C@@H](OCc2ccccc2)[C@@H]1OCc1ccccc1)c1ccccc1. The van der Waals surface area contributed by atoms with Crippen LogP contribution < -0.4 is 0 Å². The molecule has 7 aromatic rings. The van der Waals surface area contributed by atoms with E-state index in [0.717, 1.165) is 16.7 Å². The van der Waals surface area contributed by atoms with E-state index in [0.29, 0.717) is 5.56 Å². The van der Waals surface area contributed by atoms with Crippen molar-refractivity contribution in [3.8, 4) is 0 Å². The van der Waals surface area contributed by atoms with Gasteiger partial charge in [-0.1, -0.05) is 164 Å². The third-order valence-corrected chi connectivity index (χ3v) is 12.6. The average molecular weight is 1030 g/mol. The molecule has 2 aliphatic rings. The molecule has 2 fully saturated rings. The van der Waals surface area contributed by atoms with E-state index in [1.807, 2.05) is 91.0 Å². The molecule has 0 aliphatic carbocycles. The van der Waals surface area contributed by atoms with Gasteiger partial charge in [0.05, 0.1) is 42.1 Å². The van der Waals surface area contributed by atoms with Crippen LogP contribution in [0.15, 0.2) is 212 Å². The lowest BCUT2D eigenvalue weighted by atomic mass is 9.95. The number of hydrogen-bond acceptors (Lipinski definition) is 15. The van der Waals surface area contributed by atoms with Crippen molar-refractivity contribution in [2.75, 3.05) is 13.2 Å². The average Bonchev–Trinajstić information content (AvgIpc) is 3.49. The van der Waals surface area contributed by atoms with Gasteiger partial charge in [-0.2, -0.15) is 0 Å². The second-order valence-electron chi connectivity index (χ2n) is 17.9. The van der Waals surface area contributed by atoms with Gasteiger partial charge in [0.25, 0.3) is 0 Å². The summed E-state index contributed by atoms with van der Waals surface area (Å²) in [5.74, 6) is -3.13. The first-order valence-electron chi connectivity index (χ1n) is 24.8. The van der Waals surface area contributed by atoms with Crippen molar-refractivity contribution in [3.63, 3.8) is 0 Å². The van der Waals surface area contributed by atoms with Gasteiger partial charge >= 0.3 is 23.9 Å². The molecule has 2 aliphatic heterocycles. The predicted octanol–water partition coefficient (Wildman–Crippen LogP) is 8.74. The van der Waals surface area contributed by atoms with Gasteiger partial charge < -0.3 is 52.5 Å². The molecule has 15 heteroatoms. The highest BCUT2D eigenvalue weighted by Gasteiger charge is 2.56. The Morgan fingerprint density at radius 2 is 0.684 bits per heavy atom. The maximum atomic E-state index is 14.3. The third-order valence-electron chi connectivity index (χ3n) is 12.6. The molecule has 0 saturated carbocycles. The second kappa shape index (κ2) is 26.6. The number of aliphatic hydroxyl groups excluding tert-OH is 1. The minimum atomic E-state index is -1.97. The number of ether oxygens (including phenoxy) is 10. The zero-order valence-corrected chi connectivity index (χ0v) is 41.2. The highest BCUT2D eigenvalue weighted by atomic mass is 16.8. The molecule has 1 N–H and O–H groups in total. The Morgan fingerprint density at radius 3 is 1.09 bits per heavy atom. The molecule has 0 bridgehead atoms. The Labute approximate surface area is 439 Å². The standard InChI is InChI=1S/C61H56O15/c62-56(44-28-14-4-15-29-44)70-39-48-50(67-36-41-22-8-1-9-23-41)52(68-37-42-24-10-2-11-25-42)55(69-38-43-26-12-3-13-27-43)61(73-48)76-51-49(40-71-57(63)45-30-16-5-17-31-45)72-60(66)54(75-59(65)47-34-20-7-21-35-47)53(51)74-58(64)46-32-18-6-19-33-46/h1-35,48-55,60-61,66H,36-40H2/t48-,49-,50-,51-,52+,53+,54-,55+,60+,61-/m1/s1. The van der Waals surface area contributed by atoms with Gasteiger partial charge in [-0.25, -0.2) is 19.2 Å². The predicted molar refractivity (Wildman–Crippen MR) is 274 cm³/mol. The van der Waals surface area contributed by atoms with E-state index in [4.69, 9.17) is 47.4 Å². The topological polar surface area (TPSA) is 181 Å². The van der Waals surface area contributed by atoms with Crippen molar-refractivity contribution in [1.82, 2.24) is 0 Å². The molecule has 2 saturated heterocycles. The van der Waals surface area contributed by atoms with Gasteiger partial charge in [0.1, 0.15) is 49.8 Å². The molecule has 0 aromatic heterocycles. The number of carbonyl (C=O) groups is 4. The first-order chi connectivity index (χ1) is 37.3. The molecule has 390 valence electrons. The van der Waals surface area contributed by atoms with Crippen molar-refractivity contribution in [2.45, 2.75) is 81.2 Å². The lowest BCUT2D eigenvalue weighted by molar-refractivity contribution is -0.365. The lowest BCUT2D eigenvalue weighted by Gasteiger charge is -2.49. The largest absolute Gasteiger partial charge is 0.459 e. The van der Waals surface area contributed by atoms with E-state index in [1.165, 1.54) is 24.3 Å². The molecule has 15 nitrogen and oxygen atoms in total. The minimum Gasteiger partial charge on any atom is -0.459 e. The van der Waals surface area contributed by atoms with Crippen molar-refractivity contribution in [1.29, 1.82) is 0 Å². The number of aliphatic hydroxyl groups is 1. The zero-order chi connectivity index (χ0) is 52.5. The Morgan fingerprint density at radius 1 is 0.355 bits per heavy atom. The number of benzene rings is 7. The summed E-state index contributed by atoms with van der Waals surface area (Å²) in [7, 11) is 0. The van der Waals surface area contributed by atoms with E-state index in [-0.39, 0.29) is 43.1 Å². The van der Waals surface area contributed by atoms with Crippen molar-refractivity contribution >= 4 is 23.9 Å². The molecule has 76 heavy (non-hydrogen) atoms. The molecule has 7 aromatic carbocycles. The van der Waals surface area contributed by atoms with E-state index in [9.17, 15) is 24.3 Å². The minimum absolute atomic E-state index is 0.000716. The number of hydrogen-bond donors (Lipinski definition) is 1. The summed E-state index contributed by atoms with van der Waals surface area (Å²) < 4.78 is 65.0. The fourth-order valence-corrected chi connectivity index (χ4v) is 8.76. The Bertz CT molecular complexity index is 2900. The van der Waals surface area contributed by atoms with Crippen LogP contribution in [0.5, 0.6) is 0 Å². The highest BCUT2D eigenvalue weighted by molar-refractivity contribution is 5.91. The maximum absolute atomic E-state index is 14.3. The Balaban J connectivity index is 1.14. The fourth-order valence-electron chi connectivity index (χ4n) is 8.76. The molecule has 0 unspecified atom stereocenters. The van der Waals surface area contributed by atoms with Crippen LogP contribution in [0.2, 0.25) is 0 Å². The normalized spacial score (nSPS) is 23.1. The monoisotopic (exact) mass is 1030 g/mol. The first kappa shape index (κ1) is 53.0. The van der Waals surface area contributed by atoms with E-state index in [2.05, 4.69) is 0 Å². The van der Waals surface area contributed by atoms with E-state index < -0.39 is 91.9 Å². The van der Waals surface area contributed by atoms with Crippen molar-refractivity contribution < 1.29 is 71.7 Å². The Hall–Kier alpha value is -7.86. The summed E-state index contributed by atoms with van der Waals surface area (Å²) in [6.45, 7) is -0.830. The van der Waals surface area contributed by atoms with Crippen LogP contribution in [0.1, 0.15) is 58.1 Å². The number of esters is 4. The zero-order valence-electron chi connectivity index (χ0n) is 41.2. The fraction of sp³-hybridized carbons (Fsp3) is 0.246. The Kier molecular flexibility index (Phi) is 18.5. The van der Waals surface area contributed by atoms with Crippen LogP contribution in [0.4, 0.5) is 0 Å². The van der Waals surface area contributed by atoms with Gasteiger partial charge in [0, 0.05) is 0 Å². The van der Waals surface area contributed by atoms with Gasteiger partial charge in [0.2, 0.25) is 0 Å². The molecular weight excluding hydrogens is 973 g/mol. The van der Waals surface area contributed by atoms with Crippen LogP contribution >= 0.6 is 0 Å². The number of rotatable bonds is 21. The van der Waals surface area contributed by atoms with Crippen LogP contribution in [0.3, 0.4) is 0 Å². The number of carbonyl (C=O) groups excluding carboxylic acids is 4. The quantitative estimate of drug-likeness (QED) is 0.0533.